The van der Waals surface area contributed by atoms with Crippen molar-refractivity contribution < 1.29 is 22.9 Å². The molecule has 1 aromatic rings. The Morgan fingerprint density at radius 2 is 2.04 bits per heavy atom. The number of carbonyl (C=O) groups is 1. The van der Waals surface area contributed by atoms with Crippen LogP contribution in [0.4, 0.5) is 11.4 Å². The predicted molar refractivity (Wildman–Crippen MR) is 90.8 cm³/mol. The second-order valence-electron chi connectivity index (χ2n) is 5.65. The van der Waals surface area contributed by atoms with Crippen molar-refractivity contribution in [3.05, 3.63) is 28.3 Å². The SMILES string of the molecule is COC(=O)CCCNc1ccc(S(=O)(=O)N2CCCC2)cc1[N+](=O)[O-]. The number of nitro groups is 1. The lowest BCUT2D eigenvalue weighted by atomic mass is 10.2. The molecule has 0 saturated carbocycles. The Kier molecular flexibility index (Phi) is 6.32. The van der Waals surface area contributed by atoms with Gasteiger partial charge in [0.15, 0.2) is 0 Å². The molecule has 0 unspecified atom stereocenters. The van der Waals surface area contributed by atoms with Crippen LogP contribution >= 0.6 is 0 Å². The zero-order valence-electron chi connectivity index (χ0n) is 13.9. The van der Waals surface area contributed by atoms with Crippen LogP contribution in [0.1, 0.15) is 25.7 Å². The molecule has 2 rings (SSSR count). The van der Waals surface area contributed by atoms with Crippen LogP contribution in [0.3, 0.4) is 0 Å². The molecule has 0 aromatic heterocycles. The van der Waals surface area contributed by atoms with Crippen molar-refractivity contribution in [1.29, 1.82) is 0 Å². The second-order valence-corrected chi connectivity index (χ2v) is 7.59. The summed E-state index contributed by atoms with van der Waals surface area (Å²) in [5.41, 5.74) is -0.0893. The van der Waals surface area contributed by atoms with Crippen LogP contribution in [0.5, 0.6) is 0 Å². The van der Waals surface area contributed by atoms with E-state index >= 15 is 0 Å². The largest absolute Gasteiger partial charge is 0.469 e. The number of nitrogens with one attached hydrogen (secondary N) is 1. The van der Waals surface area contributed by atoms with Crippen molar-refractivity contribution >= 4 is 27.4 Å². The number of nitrogens with zero attached hydrogens (tertiary/aromatic N) is 2. The van der Waals surface area contributed by atoms with Gasteiger partial charge in [-0.2, -0.15) is 4.31 Å². The minimum Gasteiger partial charge on any atom is -0.469 e. The number of hydrogen-bond donors (Lipinski definition) is 1. The Morgan fingerprint density at radius 1 is 1.36 bits per heavy atom. The molecule has 10 heteroatoms. The zero-order chi connectivity index (χ0) is 18.4. The van der Waals surface area contributed by atoms with Crippen molar-refractivity contribution in [1.82, 2.24) is 4.31 Å². The number of methoxy groups -OCH3 is 1. The third-order valence-electron chi connectivity index (χ3n) is 3.97. The van der Waals surface area contributed by atoms with E-state index in [0.29, 0.717) is 26.1 Å². The van der Waals surface area contributed by atoms with Gasteiger partial charge in [-0.25, -0.2) is 8.42 Å². The summed E-state index contributed by atoms with van der Waals surface area (Å²) in [7, 11) is -2.42. The Hall–Kier alpha value is -2.20. The molecule has 1 N–H and O–H groups in total. The molecule has 0 spiro atoms. The lowest BCUT2D eigenvalue weighted by Gasteiger charge is -2.16. The van der Waals surface area contributed by atoms with Crippen molar-refractivity contribution in [2.24, 2.45) is 0 Å². The number of esters is 1. The van der Waals surface area contributed by atoms with Crippen molar-refractivity contribution in [3.8, 4) is 0 Å². The first kappa shape index (κ1) is 19.1. The number of ether oxygens (including phenoxy) is 1. The Balaban J connectivity index is 2.14. The normalized spacial score (nSPS) is 15.1. The fourth-order valence-electron chi connectivity index (χ4n) is 2.61. The summed E-state index contributed by atoms with van der Waals surface area (Å²) in [4.78, 5) is 21.6. The van der Waals surface area contributed by atoms with E-state index in [1.807, 2.05) is 0 Å². The van der Waals surface area contributed by atoms with Crippen LogP contribution in [0.2, 0.25) is 0 Å². The van der Waals surface area contributed by atoms with Crippen LogP contribution in [-0.4, -0.2) is 50.4 Å². The summed E-state index contributed by atoms with van der Waals surface area (Å²) in [6.07, 6.45) is 2.22. The maximum absolute atomic E-state index is 12.5. The van der Waals surface area contributed by atoms with E-state index < -0.39 is 14.9 Å². The van der Waals surface area contributed by atoms with Gasteiger partial charge >= 0.3 is 5.97 Å². The predicted octanol–water partition coefficient (Wildman–Crippen LogP) is 1.74. The Bertz CT molecular complexity index is 744. The number of sulfonamides is 1. The van der Waals surface area contributed by atoms with E-state index in [9.17, 15) is 23.3 Å². The Labute approximate surface area is 146 Å². The van der Waals surface area contributed by atoms with Crippen molar-refractivity contribution in [2.45, 2.75) is 30.6 Å². The number of nitro benzene ring substituents is 1. The molecule has 25 heavy (non-hydrogen) atoms. The van der Waals surface area contributed by atoms with Gasteiger partial charge in [0.2, 0.25) is 10.0 Å². The second kappa shape index (κ2) is 8.26. The molecule has 1 aromatic carbocycles. The maximum atomic E-state index is 12.5. The molecule has 1 fully saturated rings. The standard InChI is InChI=1S/C15H21N3O6S/c1-24-15(19)5-4-8-16-13-7-6-12(11-14(13)18(20)21)25(22,23)17-9-2-3-10-17/h6-7,11,16H,2-5,8-10H2,1H3. The van der Waals surface area contributed by atoms with Gasteiger partial charge in [-0.3, -0.25) is 14.9 Å². The first-order valence-corrected chi connectivity index (χ1v) is 9.39. The van der Waals surface area contributed by atoms with E-state index in [4.69, 9.17) is 0 Å². The maximum Gasteiger partial charge on any atom is 0.305 e. The van der Waals surface area contributed by atoms with Gasteiger partial charge in [-0.05, 0) is 31.4 Å². The van der Waals surface area contributed by atoms with Crippen molar-refractivity contribution in [3.63, 3.8) is 0 Å². The molecule has 1 heterocycles. The van der Waals surface area contributed by atoms with E-state index in [0.717, 1.165) is 18.9 Å². The molecule has 0 amide bonds. The quantitative estimate of drug-likeness (QED) is 0.320. The lowest BCUT2D eigenvalue weighted by Crippen LogP contribution is -2.27. The topological polar surface area (TPSA) is 119 Å². The summed E-state index contributed by atoms with van der Waals surface area (Å²) in [5, 5.41) is 14.2. The van der Waals surface area contributed by atoms with Gasteiger partial charge in [0.05, 0.1) is 16.9 Å². The number of hydrogen-bond acceptors (Lipinski definition) is 7. The highest BCUT2D eigenvalue weighted by atomic mass is 32.2. The molecule has 1 aliphatic heterocycles. The van der Waals surface area contributed by atoms with Crippen molar-refractivity contribution in [2.75, 3.05) is 32.1 Å². The van der Waals surface area contributed by atoms with E-state index in [2.05, 4.69) is 10.1 Å². The van der Waals surface area contributed by atoms with Crippen LogP contribution in [0.25, 0.3) is 0 Å². The van der Waals surface area contributed by atoms with Crippen LogP contribution in [0.15, 0.2) is 23.1 Å². The third-order valence-corrected chi connectivity index (χ3v) is 5.86. The average molecular weight is 371 g/mol. The monoisotopic (exact) mass is 371 g/mol. The van der Waals surface area contributed by atoms with E-state index in [1.165, 1.54) is 23.5 Å². The summed E-state index contributed by atoms with van der Waals surface area (Å²) >= 11 is 0. The van der Waals surface area contributed by atoms with Gasteiger partial charge in [0, 0.05) is 32.1 Å². The average Bonchev–Trinajstić information content (AvgIpc) is 3.13. The minimum absolute atomic E-state index is 0.0822. The minimum atomic E-state index is -3.71. The number of benzene rings is 1. The molecule has 138 valence electrons. The number of anilines is 1. The van der Waals surface area contributed by atoms with E-state index in [1.54, 1.807) is 0 Å². The molecule has 0 radical (unpaired) electrons. The molecule has 1 aliphatic rings. The molecular formula is C15H21N3O6S. The molecule has 0 bridgehead atoms. The number of carbonyl (C=O) groups excluding carboxylic acids is 1. The lowest BCUT2D eigenvalue weighted by molar-refractivity contribution is -0.384. The highest BCUT2D eigenvalue weighted by Gasteiger charge is 2.29. The molecular weight excluding hydrogens is 350 g/mol. The van der Waals surface area contributed by atoms with Crippen LogP contribution in [0, 0.1) is 10.1 Å². The Morgan fingerprint density at radius 3 is 2.64 bits per heavy atom. The van der Waals surface area contributed by atoms with Gasteiger partial charge in [-0.15, -0.1) is 0 Å². The fourth-order valence-corrected chi connectivity index (χ4v) is 4.15. The third kappa shape index (κ3) is 4.67. The van der Waals surface area contributed by atoms with Gasteiger partial charge in [-0.1, -0.05) is 0 Å². The van der Waals surface area contributed by atoms with Crippen LogP contribution in [-0.2, 0) is 19.6 Å². The summed E-state index contributed by atoms with van der Waals surface area (Å²) in [6, 6.07) is 3.83. The first-order valence-electron chi connectivity index (χ1n) is 7.95. The fraction of sp³-hybridized carbons (Fsp3) is 0.533. The molecule has 9 nitrogen and oxygen atoms in total. The molecule has 0 atom stereocenters. The highest BCUT2D eigenvalue weighted by Crippen LogP contribution is 2.30. The zero-order valence-corrected chi connectivity index (χ0v) is 14.8. The van der Waals surface area contributed by atoms with Gasteiger partial charge in [0.25, 0.3) is 5.69 Å². The smallest absolute Gasteiger partial charge is 0.305 e. The van der Waals surface area contributed by atoms with E-state index in [-0.39, 0.29) is 28.7 Å². The summed E-state index contributed by atoms with van der Waals surface area (Å²) < 4.78 is 30.9. The first-order chi connectivity index (χ1) is 11.9. The summed E-state index contributed by atoms with van der Waals surface area (Å²) in [6.45, 7) is 1.20. The van der Waals surface area contributed by atoms with Gasteiger partial charge in [0.1, 0.15) is 5.69 Å². The highest BCUT2D eigenvalue weighted by molar-refractivity contribution is 7.89. The van der Waals surface area contributed by atoms with Gasteiger partial charge < -0.3 is 10.1 Å². The molecule has 0 aliphatic carbocycles. The van der Waals surface area contributed by atoms with Crippen LogP contribution < -0.4 is 5.32 Å². The summed E-state index contributed by atoms with van der Waals surface area (Å²) in [5.74, 6) is -0.358. The molecule has 1 saturated heterocycles. The number of rotatable bonds is 8.